The Bertz CT molecular complexity index is 517. The zero-order valence-corrected chi connectivity index (χ0v) is 10.3. The molecule has 0 fully saturated rings. The van der Waals surface area contributed by atoms with Crippen molar-refractivity contribution >= 4 is 0 Å². The summed E-state index contributed by atoms with van der Waals surface area (Å²) in [5, 5.41) is 7.21. The molecule has 0 bridgehead atoms. The molecule has 0 spiro atoms. The van der Waals surface area contributed by atoms with Crippen molar-refractivity contribution in [2.45, 2.75) is 34.6 Å². The average Bonchev–Trinajstić information content (AvgIpc) is 2.56. The van der Waals surface area contributed by atoms with Crippen LogP contribution in [0.3, 0.4) is 0 Å². The number of rotatable bonds is 1. The lowest BCUT2D eigenvalue weighted by Gasteiger charge is -2.05. The van der Waals surface area contributed by atoms with Gasteiger partial charge >= 0.3 is 0 Å². The minimum Gasteiger partial charge on any atom is -0.282 e. The van der Waals surface area contributed by atoms with Crippen molar-refractivity contribution in [3.05, 3.63) is 28.2 Å². The van der Waals surface area contributed by atoms with Crippen LogP contribution in [0.4, 0.5) is 0 Å². The molecule has 4 nitrogen and oxygen atoms in total. The van der Waals surface area contributed by atoms with Gasteiger partial charge in [0.05, 0.1) is 0 Å². The second-order valence-corrected chi connectivity index (χ2v) is 4.17. The van der Waals surface area contributed by atoms with Gasteiger partial charge in [-0.1, -0.05) is 0 Å². The average molecular weight is 216 g/mol. The van der Waals surface area contributed by atoms with Gasteiger partial charge in [0, 0.05) is 22.6 Å². The third-order valence-electron chi connectivity index (χ3n) is 3.10. The molecule has 2 heterocycles. The molecular weight excluding hydrogens is 200 g/mol. The van der Waals surface area contributed by atoms with E-state index in [9.17, 15) is 0 Å². The monoisotopic (exact) mass is 216 g/mol. The SMILES string of the molecule is Cc1nc(-c2n[nH]c(C)c2C)nc(C)c1C. The maximum atomic E-state index is 4.48. The summed E-state index contributed by atoms with van der Waals surface area (Å²) in [6.07, 6.45) is 0. The number of hydrogen-bond donors (Lipinski definition) is 1. The van der Waals surface area contributed by atoms with Crippen LogP contribution < -0.4 is 0 Å². The molecule has 0 aliphatic heterocycles. The van der Waals surface area contributed by atoms with Crippen molar-refractivity contribution in [2.24, 2.45) is 0 Å². The molecule has 0 saturated carbocycles. The van der Waals surface area contributed by atoms with Gasteiger partial charge in [0.2, 0.25) is 0 Å². The largest absolute Gasteiger partial charge is 0.282 e. The molecule has 84 valence electrons. The van der Waals surface area contributed by atoms with Gasteiger partial charge in [0.1, 0.15) is 5.69 Å². The molecule has 1 N–H and O–H groups in total. The molecule has 2 rings (SSSR count). The fourth-order valence-electron chi connectivity index (χ4n) is 1.58. The first-order valence-electron chi connectivity index (χ1n) is 5.34. The maximum absolute atomic E-state index is 4.48. The van der Waals surface area contributed by atoms with Crippen LogP contribution >= 0.6 is 0 Å². The zero-order chi connectivity index (χ0) is 11.9. The van der Waals surface area contributed by atoms with Crippen molar-refractivity contribution in [2.75, 3.05) is 0 Å². The van der Waals surface area contributed by atoms with Crippen molar-refractivity contribution in [3.63, 3.8) is 0 Å². The highest BCUT2D eigenvalue weighted by Crippen LogP contribution is 2.21. The van der Waals surface area contributed by atoms with E-state index in [0.717, 1.165) is 33.9 Å². The van der Waals surface area contributed by atoms with E-state index in [0.29, 0.717) is 5.82 Å². The molecule has 0 atom stereocenters. The number of aromatic amines is 1. The van der Waals surface area contributed by atoms with Crippen LogP contribution in [0.15, 0.2) is 0 Å². The summed E-state index contributed by atoms with van der Waals surface area (Å²) in [6, 6.07) is 0. The van der Waals surface area contributed by atoms with Crippen molar-refractivity contribution < 1.29 is 0 Å². The molecule has 4 heteroatoms. The van der Waals surface area contributed by atoms with Gasteiger partial charge in [-0.25, -0.2) is 9.97 Å². The van der Waals surface area contributed by atoms with E-state index in [1.54, 1.807) is 0 Å². The first-order valence-corrected chi connectivity index (χ1v) is 5.34. The van der Waals surface area contributed by atoms with E-state index >= 15 is 0 Å². The fourth-order valence-corrected chi connectivity index (χ4v) is 1.58. The van der Waals surface area contributed by atoms with Crippen LogP contribution in [-0.4, -0.2) is 20.2 Å². The van der Waals surface area contributed by atoms with Crippen molar-refractivity contribution in [1.82, 2.24) is 20.2 Å². The Labute approximate surface area is 95.1 Å². The molecule has 0 aliphatic rings. The highest BCUT2D eigenvalue weighted by molar-refractivity contribution is 5.56. The molecule has 0 amide bonds. The second kappa shape index (κ2) is 3.70. The van der Waals surface area contributed by atoms with Crippen molar-refractivity contribution in [3.8, 4) is 11.5 Å². The smallest absolute Gasteiger partial charge is 0.180 e. The van der Waals surface area contributed by atoms with E-state index in [1.807, 2.05) is 34.6 Å². The summed E-state index contributed by atoms with van der Waals surface area (Å²) in [4.78, 5) is 8.97. The van der Waals surface area contributed by atoms with E-state index in [-0.39, 0.29) is 0 Å². The van der Waals surface area contributed by atoms with Gasteiger partial charge in [0.25, 0.3) is 0 Å². The van der Waals surface area contributed by atoms with Gasteiger partial charge in [-0.2, -0.15) is 5.10 Å². The predicted molar refractivity (Wildman–Crippen MR) is 63.3 cm³/mol. The third kappa shape index (κ3) is 1.60. The Balaban J connectivity index is 2.61. The topological polar surface area (TPSA) is 54.5 Å². The number of nitrogens with zero attached hydrogens (tertiary/aromatic N) is 3. The van der Waals surface area contributed by atoms with E-state index in [1.165, 1.54) is 0 Å². The summed E-state index contributed by atoms with van der Waals surface area (Å²) in [5.41, 5.74) is 6.21. The van der Waals surface area contributed by atoms with Gasteiger partial charge in [0.15, 0.2) is 5.82 Å². The number of aryl methyl sites for hydroxylation is 3. The van der Waals surface area contributed by atoms with Crippen molar-refractivity contribution in [1.29, 1.82) is 0 Å². The summed E-state index contributed by atoms with van der Waals surface area (Å²) in [6.45, 7) is 10.1. The van der Waals surface area contributed by atoms with Crippen LogP contribution in [0.1, 0.15) is 28.2 Å². The fraction of sp³-hybridized carbons (Fsp3) is 0.417. The molecular formula is C12H16N4. The second-order valence-electron chi connectivity index (χ2n) is 4.17. The van der Waals surface area contributed by atoms with Crippen LogP contribution in [0.5, 0.6) is 0 Å². The molecule has 2 aromatic heterocycles. The lowest BCUT2D eigenvalue weighted by molar-refractivity contribution is 0.991. The van der Waals surface area contributed by atoms with Crippen LogP contribution in [0, 0.1) is 34.6 Å². The third-order valence-corrected chi connectivity index (χ3v) is 3.10. The van der Waals surface area contributed by atoms with E-state index in [4.69, 9.17) is 0 Å². The minimum atomic E-state index is 0.711. The first-order chi connectivity index (χ1) is 7.50. The van der Waals surface area contributed by atoms with Crippen LogP contribution in [0.25, 0.3) is 11.5 Å². The predicted octanol–water partition coefficient (Wildman–Crippen LogP) is 2.41. The Morgan fingerprint density at radius 3 is 1.81 bits per heavy atom. The Morgan fingerprint density at radius 2 is 1.38 bits per heavy atom. The molecule has 0 aromatic carbocycles. The number of aromatic nitrogens is 4. The summed E-state index contributed by atoms with van der Waals surface area (Å²) in [5.74, 6) is 0.711. The molecule has 2 aromatic rings. The Morgan fingerprint density at radius 1 is 0.812 bits per heavy atom. The quantitative estimate of drug-likeness (QED) is 0.796. The summed E-state index contributed by atoms with van der Waals surface area (Å²) < 4.78 is 0. The molecule has 16 heavy (non-hydrogen) atoms. The van der Waals surface area contributed by atoms with Gasteiger partial charge in [-0.15, -0.1) is 0 Å². The highest BCUT2D eigenvalue weighted by Gasteiger charge is 2.13. The normalized spacial score (nSPS) is 10.8. The summed E-state index contributed by atoms with van der Waals surface area (Å²) in [7, 11) is 0. The Hall–Kier alpha value is -1.71. The Kier molecular flexibility index (Phi) is 2.50. The zero-order valence-electron chi connectivity index (χ0n) is 10.3. The van der Waals surface area contributed by atoms with E-state index < -0.39 is 0 Å². The molecule has 0 aliphatic carbocycles. The van der Waals surface area contributed by atoms with Crippen LogP contribution in [0.2, 0.25) is 0 Å². The highest BCUT2D eigenvalue weighted by atomic mass is 15.1. The summed E-state index contributed by atoms with van der Waals surface area (Å²) >= 11 is 0. The standard InChI is InChI=1S/C12H16N4/c1-6-8(3)13-12(14-9(6)4)11-7(2)10(5)15-16-11/h1-5H3,(H,15,16). The van der Waals surface area contributed by atoms with Gasteiger partial charge < -0.3 is 0 Å². The van der Waals surface area contributed by atoms with Crippen LogP contribution in [-0.2, 0) is 0 Å². The van der Waals surface area contributed by atoms with Gasteiger partial charge in [-0.3, -0.25) is 5.10 Å². The number of H-pyrrole nitrogens is 1. The minimum absolute atomic E-state index is 0.711. The molecule has 0 unspecified atom stereocenters. The lowest BCUT2D eigenvalue weighted by atomic mass is 10.1. The molecule has 0 saturated heterocycles. The number of hydrogen-bond acceptors (Lipinski definition) is 3. The lowest BCUT2D eigenvalue weighted by Crippen LogP contribution is -2.00. The molecule has 0 radical (unpaired) electrons. The van der Waals surface area contributed by atoms with E-state index in [2.05, 4.69) is 20.2 Å². The van der Waals surface area contributed by atoms with Gasteiger partial charge in [-0.05, 0) is 40.2 Å². The first kappa shape index (κ1) is 10.8. The maximum Gasteiger partial charge on any atom is 0.180 e. The number of nitrogens with one attached hydrogen (secondary N) is 1.